The first-order chi connectivity index (χ1) is 1.41. The first-order valence-electron chi connectivity index (χ1n) is 0.378. The van der Waals surface area contributed by atoms with Gasteiger partial charge in [0.25, 0.3) is 0 Å². The van der Waals surface area contributed by atoms with Crippen molar-refractivity contribution in [1.29, 1.82) is 0 Å². The van der Waals surface area contributed by atoms with Crippen molar-refractivity contribution in [1.82, 2.24) is 3.37 Å². The highest BCUT2D eigenvalue weighted by atomic mass is 79.9. The third-order valence-corrected chi connectivity index (χ3v) is 0. The van der Waals surface area contributed by atoms with Gasteiger partial charge in [0.15, 0.2) is 0 Å². The van der Waals surface area contributed by atoms with Gasteiger partial charge in [-0.2, -0.15) is 3.37 Å². The van der Waals surface area contributed by atoms with Crippen molar-refractivity contribution in [3.05, 3.63) is 0 Å². The first-order valence-corrected chi connectivity index (χ1v) is 1.96. The van der Waals surface area contributed by atoms with E-state index in [4.69, 9.17) is 0 Å². The molecule has 1 nitrogen and oxygen atoms in total. The van der Waals surface area contributed by atoms with Crippen molar-refractivity contribution in [3.63, 3.8) is 0 Å². The molecule has 0 aromatic rings. The molecule has 0 saturated carbocycles. The van der Waals surface area contributed by atoms with Gasteiger partial charge < -0.3 is 0 Å². The van der Waals surface area contributed by atoms with Crippen molar-refractivity contribution < 1.29 is 0 Å². The molecular formula is H2Br3N. The van der Waals surface area contributed by atoms with Crippen molar-refractivity contribution in [2.24, 2.45) is 0 Å². The third kappa shape index (κ3) is 9.99. The van der Waals surface area contributed by atoms with Crippen molar-refractivity contribution in [3.8, 4) is 0 Å². The van der Waals surface area contributed by atoms with E-state index in [9.17, 15) is 0 Å². The summed E-state index contributed by atoms with van der Waals surface area (Å²) in [5, 5.41) is 0. The molecule has 0 bridgehead atoms. The summed E-state index contributed by atoms with van der Waals surface area (Å²) in [5.74, 6) is 0. The SMILES string of the molecule is Br.BrNBr. The number of hydrogen-bond acceptors (Lipinski definition) is 1. The van der Waals surface area contributed by atoms with E-state index >= 15 is 0 Å². The fourth-order valence-electron chi connectivity index (χ4n) is 0. The largest absolute Gasteiger partial charge is 0.191 e. The number of nitrogens with one attached hydrogen (secondary N) is 1. The minimum absolute atomic E-state index is 0. The van der Waals surface area contributed by atoms with Gasteiger partial charge in [-0.15, -0.1) is 17.0 Å². The maximum Gasteiger partial charge on any atom is 0.0207 e. The first kappa shape index (κ1) is 9.04. The second kappa shape index (κ2) is 8.83. The van der Waals surface area contributed by atoms with Crippen LogP contribution in [-0.2, 0) is 0 Å². The van der Waals surface area contributed by atoms with E-state index in [-0.39, 0.29) is 17.0 Å². The van der Waals surface area contributed by atoms with Crippen LogP contribution in [0.3, 0.4) is 0 Å². The maximum atomic E-state index is 2.81. The van der Waals surface area contributed by atoms with Crippen LogP contribution in [0.5, 0.6) is 0 Å². The number of rotatable bonds is 0. The van der Waals surface area contributed by atoms with E-state index in [2.05, 4.69) is 35.7 Å². The van der Waals surface area contributed by atoms with E-state index in [0.29, 0.717) is 0 Å². The molecule has 0 amide bonds. The van der Waals surface area contributed by atoms with Gasteiger partial charge in [-0.3, -0.25) is 0 Å². The molecule has 0 radical (unpaired) electrons. The molecule has 28 valence electrons. The average Bonchev–Trinajstić information content (AvgIpc) is 0.918. The van der Waals surface area contributed by atoms with Gasteiger partial charge in [-0.25, -0.2) is 0 Å². The van der Waals surface area contributed by atoms with Gasteiger partial charge in [0.1, 0.15) is 0 Å². The Morgan fingerprint density at radius 1 is 1.25 bits per heavy atom. The Morgan fingerprint density at radius 2 is 1.25 bits per heavy atom. The number of hydrogen-bond donors (Lipinski definition) is 1. The zero-order valence-corrected chi connectivity index (χ0v) is 6.55. The summed E-state index contributed by atoms with van der Waals surface area (Å²) in [5.41, 5.74) is 0. The second-order valence-corrected chi connectivity index (χ2v) is 1.93. The smallest absolute Gasteiger partial charge is 0.0207 e. The highest BCUT2D eigenvalue weighted by molar-refractivity contribution is 9.21. The lowest BCUT2D eigenvalue weighted by Crippen LogP contribution is -1.55. The zero-order valence-electron chi connectivity index (χ0n) is 1.66. The Hall–Kier alpha value is 1.40. The summed E-state index contributed by atoms with van der Waals surface area (Å²) in [6, 6.07) is 0. The van der Waals surface area contributed by atoms with E-state index < -0.39 is 0 Å². The van der Waals surface area contributed by atoms with Gasteiger partial charge >= 0.3 is 0 Å². The van der Waals surface area contributed by atoms with Gasteiger partial charge in [0, 0.05) is 32.3 Å². The van der Waals surface area contributed by atoms with Crippen LogP contribution in [0.25, 0.3) is 0 Å². The van der Waals surface area contributed by atoms with Crippen LogP contribution < -0.4 is 3.37 Å². The van der Waals surface area contributed by atoms with Gasteiger partial charge in [-0.05, 0) is 0 Å². The molecule has 4 heavy (non-hydrogen) atoms. The van der Waals surface area contributed by atoms with Crippen LogP contribution in [0.1, 0.15) is 0 Å². The van der Waals surface area contributed by atoms with Crippen LogP contribution in [0.4, 0.5) is 0 Å². The molecular weight excluding hydrogens is 254 g/mol. The normalized spacial score (nSPS) is 4.50. The molecule has 0 fully saturated rings. The summed E-state index contributed by atoms with van der Waals surface area (Å²) in [6.07, 6.45) is 0. The summed E-state index contributed by atoms with van der Waals surface area (Å²) in [6.45, 7) is 0. The number of halogens is 3. The molecule has 0 rings (SSSR count). The highest BCUT2D eigenvalue weighted by Gasteiger charge is 1.33. The molecule has 0 aliphatic rings. The van der Waals surface area contributed by atoms with E-state index in [0.717, 1.165) is 0 Å². The lowest BCUT2D eigenvalue weighted by molar-refractivity contribution is 1.89. The molecule has 0 aliphatic heterocycles. The Balaban J connectivity index is 0. The Bertz CT molecular complexity index is 3.25. The van der Waals surface area contributed by atoms with Crippen molar-refractivity contribution in [2.45, 2.75) is 0 Å². The van der Waals surface area contributed by atoms with Crippen LogP contribution in [-0.4, -0.2) is 0 Å². The van der Waals surface area contributed by atoms with Gasteiger partial charge in [0.05, 0.1) is 0 Å². The molecule has 4 heteroatoms. The van der Waals surface area contributed by atoms with Crippen molar-refractivity contribution >= 4 is 49.3 Å². The van der Waals surface area contributed by atoms with Crippen LogP contribution in [0.15, 0.2) is 0 Å². The Morgan fingerprint density at radius 3 is 1.25 bits per heavy atom. The predicted octanol–water partition coefficient (Wildman–Crippen LogP) is 1.77. The topological polar surface area (TPSA) is 12.0 Å². The van der Waals surface area contributed by atoms with Crippen LogP contribution in [0.2, 0.25) is 0 Å². The summed E-state index contributed by atoms with van der Waals surface area (Å²) < 4.78 is 2.38. The highest BCUT2D eigenvalue weighted by Crippen LogP contribution is 1.68. The van der Waals surface area contributed by atoms with E-state index in [1.54, 1.807) is 0 Å². The molecule has 0 spiro atoms. The molecule has 0 saturated heterocycles. The van der Waals surface area contributed by atoms with Crippen molar-refractivity contribution in [2.75, 3.05) is 0 Å². The fraction of sp³-hybridized carbons (Fsp3) is 0. The van der Waals surface area contributed by atoms with Gasteiger partial charge in [0.2, 0.25) is 0 Å². The minimum Gasteiger partial charge on any atom is -0.191 e. The molecule has 0 aromatic carbocycles. The third-order valence-electron chi connectivity index (χ3n) is 0. The Labute approximate surface area is 52.6 Å². The lowest BCUT2D eigenvalue weighted by Gasteiger charge is -1.50. The molecule has 0 heterocycles. The summed E-state index contributed by atoms with van der Waals surface area (Å²) >= 11 is 5.62. The maximum absolute atomic E-state index is 2.81. The zero-order chi connectivity index (χ0) is 2.71. The summed E-state index contributed by atoms with van der Waals surface area (Å²) in [4.78, 5) is 0. The molecule has 0 unspecified atom stereocenters. The van der Waals surface area contributed by atoms with Crippen LogP contribution in [0, 0.1) is 0 Å². The minimum atomic E-state index is 0. The van der Waals surface area contributed by atoms with Crippen LogP contribution >= 0.6 is 49.3 Å². The van der Waals surface area contributed by atoms with Gasteiger partial charge in [-0.1, -0.05) is 0 Å². The predicted molar refractivity (Wildman–Crippen MR) is 31.3 cm³/mol. The average molecular weight is 256 g/mol. The Kier molecular flexibility index (Phi) is 20.0. The molecule has 0 aromatic heterocycles. The lowest BCUT2D eigenvalue weighted by atomic mass is 14.0. The molecule has 0 atom stereocenters. The molecule has 0 aliphatic carbocycles. The quantitative estimate of drug-likeness (QED) is 0.651. The summed E-state index contributed by atoms with van der Waals surface area (Å²) in [7, 11) is 0. The fourth-order valence-corrected chi connectivity index (χ4v) is 0. The van der Waals surface area contributed by atoms with E-state index in [1.807, 2.05) is 0 Å². The monoisotopic (exact) mass is 253 g/mol. The second-order valence-electron chi connectivity index (χ2n) is 0.0714. The standard InChI is InChI=1S/Br2HN.BrH/c1-3-2;/h3H;1H. The molecule has 1 N–H and O–H groups in total. The van der Waals surface area contributed by atoms with E-state index in [1.165, 1.54) is 0 Å².